The van der Waals surface area contributed by atoms with Gasteiger partial charge in [-0.3, -0.25) is 0 Å². The van der Waals surface area contributed by atoms with Crippen LogP contribution in [0.1, 0.15) is 18.1 Å². The Morgan fingerprint density at radius 1 is 1.25 bits per heavy atom. The second-order valence-electron chi connectivity index (χ2n) is 4.95. The Labute approximate surface area is 115 Å². The van der Waals surface area contributed by atoms with E-state index in [-0.39, 0.29) is 0 Å². The monoisotopic (exact) mass is 270 g/mol. The van der Waals surface area contributed by atoms with Gasteiger partial charge in [0.1, 0.15) is 18.1 Å². The van der Waals surface area contributed by atoms with Crippen LogP contribution in [0, 0.1) is 0 Å². The second-order valence-corrected chi connectivity index (χ2v) is 4.95. The summed E-state index contributed by atoms with van der Waals surface area (Å²) < 4.78 is 5.87. The van der Waals surface area contributed by atoms with Crippen molar-refractivity contribution in [2.45, 2.75) is 25.9 Å². The van der Waals surface area contributed by atoms with Gasteiger partial charge in [-0.25, -0.2) is 9.67 Å². The summed E-state index contributed by atoms with van der Waals surface area (Å²) in [4.78, 5) is 4.27. The van der Waals surface area contributed by atoms with E-state index in [2.05, 4.69) is 30.1 Å². The molecular formula is C12H14N8. The van der Waals surface area contributed by atoms with E-state index in [1.807, 2.05) is 24.0 Å². The largest absolute Gasteiger partial charge is 0.333 e. The van der Waals surface area contributed by atoms with Crippen LogP contribution in [0.25, 0.3) is 11.5 Å². The van der Waals surface area contributed by atoms with Crippen LogP contribution in [0.5, 0.6) is 0 Å². The van der Waals surface area contributed by atoms with E-state index in [0.717, 1.165) is 42.6 Å². The van der Waals surface area contributed by atoms with Crippen molar-refractivity contribution in [2.75, 3.05) is 0 Å². The van der Waals surface area contributed by atoms with Gasteiger partial charge < -0.3 is 9.13 Å². The summed E-state index contributed by atoms with van der Waals surface area (Å²) in [7, 11) is 1.94. The van der Waals surface area contributed by atoms with Crippen molar-refractivity contribution < 1.29 is 0 Å². The maximum atomic E-state index is 4.27. The summed E-state index contributed by atoms with van der Waals surface area (Å²) in [6.07, 6.45) is 7.69. The molecule has 8 nitrogen and oxygen atoms in total. The molecule has 3 aromatic heterocycles. The molecule has 0 saturated carbocycles. The minimum Gasteiger partial charge on any atom is -0.333 e. The summed E-state index contributed by atoms with van der Waals surface area (Å²) in [6.45, 7) is 1.59. The molecule has 4 heterocycles. The zero-order valence-corrected chi connectivity index (χ0v) is 11.1. The molecule has 0 fully saturated rings. The van der Waals surface area contributed by atoms with Crippen molar-refractivity contribution in [3.05, 3.63) is 30.2 Å². The first-order valence-corrected chi connectivity index (χ1v) is 6.60. The lowest BCUT2D eigenvalue weighted by Crippen LogP contribution is -2.08. The molecule has 1 aliphatic heterocycles. The van der Waals surface area contributed by atoms with E-state index in [1.165, 1.54) is 0 Å². The van der Waals surface area contributed by atoms with Crippen LogP contribution in [0.3, 0.4) is 0 Å². The highest BCUT2D eigenvalue weighted by molar-refractivity contribution is 5.47. The average molecular weight is 270 g/mol. The Hall–Kier alpha value is -2.51. The topological polar surface area (TPSA) is 79.2 Å². The van der Waals surface area contributed by atoms with Crippen molar-refractivity contribution in [1.82, 2.24) is 39.3 Å². The van der Waals surface area contributed by atoms with E-state index in [4.69, 9.17) is 0 Å². The normalized spacial score (nSPS) is 13.8. The number of rotatable bonds is 3. The number of hydrogen-bond donors (Lipinski definition) is 0. The van der Waals surface area contributed by atoms with Gasteiger partial charge in [0.25, 0.3) is 0 Å². The molecule has 0 N–H and O–H groups in total. The van der Waals surface area contributed by atoms with Gasteiger partial charge in [-0.15, -0.1) is 15.3 Å². The van der Waals surface area contributed by atoms with Gasteiger partial charge in [0.2, 0.25) is 0 Å². The molecule has 0 spiro atoms. The van der Waals surface area contributed by atoms with E-state index in [9.17, 15) is 0 Å². The molecule has 0 radical (unpaired) electrons. The molecule has 0 bridgehead atoms. The van der Waals surface area contributed by atoms with Crippen LogP contribution in [0.15, 0.2) is 18.6 Å². The Morgan fingerprint density at radius 3 is 3.05 bits per heavy atom. The third-order valence-electron chi connectivity index (χ3n) is 3.58. The third kappa shape index (κ3) is 1.72. The zero-order valence-electron chi connectivity index (χ0n) is 11.1. The van der Waals surface area contributed by atoms with Gasteiger partial charge in [-0.05, 0) is 6.42 Å². The predicted octanol–water partition coefficient (Wildman–Crippen LogP) is 0.265. The predicted molar refractivity (Wildman–Crippen MR) is 69.7 cm³/mol. The maximum absolute atomic E-state index is 4.27. The molecule has 0 amide bonds. The molecular weight excluding hydrogens is 256 g/mol. The molecule has 102 valence electrons. The smallest absolute Gasteiger partial charge is 0.161 e. The molecule has 0 atom stereocenters. The fraction of sp³-hybridized carbons (Fsp3) is 0.417. The molecule has 0 saturated heterocycles. The van der Waals surface area contributed by atoms with E-state index >= 15 is 0 Å². The van der Waals surface area contributed by atoms with E-state index < -0.39 is 0 Å². The van der Waals surface area contributed by atoms with Gasteiger partial charge in [0.15, 0.2) is 11.6 Å². The van der Waals surface area contributed by atoms with Gasteiger partial charge in [0, 0.05) is 32.4 Å². The Kier molecular flexibility index (Phi) is 2.41. The van der Waals surface area contributed by atoms with Crippen molar-refractivity contribution in [3.63, 3.8) is 0 Å². The number of fused-ring (bicyclic) bond motifs is 1. The highest BCUT2D eigenvalue weighted by atomic mass is 15.4. The van der Waals surface area contributed by atoms with Gasteiger partial charge in [-0.1, -0.05) is 5.21 Å². The lowest BCUT2D eigenvalue weighted by atomic mass is 10.4. The number of aromatic nitrogens is 8. The molecule has 20 heavy (non-hydrogen) atoms. The maximum Gasteiger partial charge on any atom is 0.161 e. The lowest BCUT2D eigenvalue weighted by molar-refractivity contribution is 0.586. The molecule has 3 aromatic rings. The molecule has 0 aromatic carbocycles. The second kappa shape index (κ2) is 4.26. The van der Waals surface area contributed by atoms with Crippen molar-refractivity contribution in [1.29, 1.82) is 0 Å². The molecule has 0 aliphatic carbocycles. The lowest BCUT2D eigenvalue weighted by Gasteiger charge is -2.01. The average Bonchev–Trinajstić information content (AvgIpc) is 3.16. The summed E-state index contributed by atoms with van der Waals surface area (Å²) in [5.74, 6) is 2.82. The minimum atomic E-state index is 0.588. The van der Waals surface area contributed by atoms with Crippen LogP contribution in [-0.4, -0.2) is 39.3 Å². The fourth-order valence-electron chi connectivity index (χ4n) is 2.56. The van der Waals surface area contributed by atoms with Gasteiger partial charge >= 0.3 is 0 Å². The standard InChI is InChI=1S/C12H14N8/c1-18-6-4-13-12(18)9-7-19(17-14-9)8-11-16-15-10-3-2-5-20(10)11/h4,6-7H,2-3,5,8H2,1H3. The fourth-order valence-corrected chi connectivity index (χ4v) is 2.56. The van der Waals surface area contributed by atoms with Crippen LogP contribution < -0.4 is 0 Å². The minimum absolute atomic E-state index is 0.588. The van der Waals surface area contributed by atoms with Gasteiger partial charge in [-0.2, -0.15) is 0 Å². The first kappa shape index (κ1) is 11.3. The molecule has 1 aliphatic rings. The van der Waals surface area contributed by atoms with Gasteiger partial charge in [0.05, 0.1) is 6.20 Å². The molecule has 8 heteroatoms. The van der Waals surface area contributed by atoms with Crippen molar-refractivity contribution in [2.24, 2.45) is 7.05 Å². The number of nitrogens with zero attached hydrogens (tertiary/aromatic N) is 8. The van der Waals surface area contributed by atoms with E-state index in [0.29, 0.717) is 6.54 Å². The van der Waals surface area contributed by atoms with Crippen LogP contribution in [0.4, 0.5) is 0 Å². The van der Waals surface area contributed by atoms with Crippen molar-refractivity contribution in [3.8, 4) is 11.5 Å². The first-order valence-electron chi connectivity index (χ1n) is 6.60. The molecule has 0 unspecified atom stereocenters. The Morgan fingerprint density at radius 2 is 2.20 bits per heavy atom. The quantitative estimate of drug-likeness (QED) is 0.682. The summed E-state index contributed by atoms with van der Waals surface area (Å²) in [5, 5.41) is 16.7. The number of aryl methyl sites for hydroxylation is 2. The highest BCUT2D eigenvalue weighted by Crippen LogP contribution is 2.16. The SMILES string of the molecule is Cn1ccnc1-c1cn(Cc2nnc3n2CCC3)nn1. The first-order chi connectivity index (χ1) is 9.81. The third-order valence-corrected chi connectivity index (χ3v) is 3.58. The Bertz CT molecular complexity index is 749. The zero-order chi connectivity index (χ0) is 13.5. The number of imidazole rings is 1. The van der Waals surface area contributed by atoms with Crippen molar-refractivity contribution >= 4 is 0 Å². The molecule has 4 rings (SSSR count). The summed E-state index contributed by atoms with van der Waals surface area (Å²) in [6, 6.07) is 0. The highest BCUT2D eigenvalue weighted by Gasteiger charge is 2.18. The Balaban J connectivity index is 1.61. The van der Waals surface area contributed by atoms with Crippen LogP contribution >= 0.6 is 0 Å². The van der Waals surface area contributed by atoms with Crippen LogP contribution in [-0.2, 0) is 26.6 Å². The number of hydrogen-bond acceptors (Lipinski definition) is 5. The van der Waals surface area contributed by atoms with E-state index in [1.54, 1.807) is 10.9 Å². The van der Waals surface area contributed by atoms with Crippen LogP contribution in [0.2, 0.25) is 0 Å². The summed E-state index contributed by atoms with van der Waals surface area (Å²) in [5.41, 5.74) is 0.763. The summed E-state index contributed by atoms with van der Waals surface area (Å²) >= 11 is 0.